The molecule has 1 amide bonds. The molecule has 5 nitrogen and oxygen atoms in total. The van der Waals surface area contributed by atoms with Crippen LogP contribution >= 0.6 is 23.2 Å². The molecule has 0 spiro atoms. The Bertz CT molecular complexity index is 513. The number of carboxylic acids is 1. The zero-order chi connectivity index (χ0) is 15.8. The Hall–Kier alpha value is -1.56. The molecule has 0 heterocycles. The summed E-state index contributed by atoms with van der Waals surface area (Å²) in [6.45, 7) is 3.50. The van der Waals surface area contributed by atoms with E-state index in [0.717, 1.165) is 0 Å². The number of carbonyl (C=O) groups excluding carboxylic acids is 1. The van der Waals surface area contributed by atoms with Crippen LogP contribution in [0.5, 0.6) is 0 Å². The van der Waals surface area contributed by atoms with E-state index in [1.54, 1.807) is 18.2 Å². The minimum atomic E-state index is -1.18. The summed E-state index contributed by atoms with van der Waals surface area (Å²) in [4.78, 5) is 22.9. The van der Waals surface area contributed by atoms with Gasteiger partial charge in [-0.25, -0.2) is 4.79 Å². The summed E-state index contributed by atoms with van der Waals surface area (Å²) in [5.74, 6) is -1.68. The molecule has 0 aromatic heterocycles. The predicted molar refractivity (Wildman–Crippen MR) is 80.7 cm³/mol. The molecule has 0 radical (unpaired) electrons. The van der Waals surface area contributed by atoms with E-state index in [2.05, 4.69) is 11.9 Å². The van der Waals surface area contributed by atoms with E-state index < -0.39 is 17.9 Å². The van der Waals surface area contributed by atoms with Crippen molar-refractivity contribution in [3.05, 3.63) is 46.5 Å². The third-order valence-corrected chi connectivity index (χ3v) is 3.26. The van der Waals surface area contributed by atoms with E-state index in [1.165, 1.54) is 6.08 Å². The molecule has 0 bridgehead atoms. The monoisotopic (exact) mass is 331 g/mol. The SMILES string of the molecule is C=CCOCC(NC(=O)Cc1c(Cl)cccc1Cl)C(=O)O. The highest BCUT2D eigenvalue weighted by atomic mass is 35.5. The van der Waals surface area contributed by atoms with Crippen LogP contribution in [-0.4, -0.2) is 36.2 Å². The van der Waals surface area contributed by atoms with Crippen LogP contribution in [0.2, 0.25) is 10.0 Å². The fourth-order valence-electron chi connectivity index (χ4n) is 1.55. The molecule has 0 saturated carbocycles. The molecule has 114 valence electrons. The molecule has 1 unspecified atom stereocenters. The lowest BCUT2D eigenvalue weighted by Crippen LogP contribution is -2.44. The zero-order valence-electron chi connectivity index (χ0n) is 11.1. The van der Waals surface area contributed by atoms with Gasteiger partial charge in [-0.2, -0.15) is 0 Å². The second kappa shape index (κ2) is 8.67. The van der Waals surface area contributed by atoms with Crippen LogP contribution in [-0.2, 0) is 20.7 Å². The number of aliphatic carboxylic acids is 1. The van der Waals surface area contributed by atoms with Crippen LogP contribution in [0.25, 0.3) is 0 Å². The van der Waals surface area contributed by atoms with E-state index >= 15 is 0 Å². The van der Waals surface area contributed by atoms with E-state index in [-0.39, 0.29) is 19.6 Å². The van der Waals surface area contributed by atoms with Crippen LogP contribution in [0.3, 0.4) is 0 Å². The molecule has 1 rings (SSSR count). The quantitative estimate of drug-likeness (QED) is 0.566. The van der Waals surface area contributed by atoms with Crippen molar-refractivity contribution in [3.8, 4) is 0 Å². The van der Waals surface area contributed by atoms with Gasteiger partial charge in [0.25, 0.3) is 0 Å². The molecular formula is C14H15Cl2NO4. The Labute approximate surface area is 132 Å². The third kappa shape index (κ3) is 5.75. The number of nitrogens with one attached hydrogen (secondary N) is 1. The first-order chi connectivity index (χ1) is 9.95. The molecule has 0 fully saturated rings. The third-order valence-electron chi connectivity index (χ3n) is 2.55. The lowest BCUT2D eigenvalue weighted by molar-refractivity contribution is -0.143. The zero-order valence-corrected chi connectivity index (χ0v) is 12.7. The van der Waals surface area contributed by atoms with Gasteiger partial charge in [0.1, 0.15) is 0 Å². The Morgan fingerprint density at radius 2 is 2.00 bits per heavy atom. The number of carbonyl (C=O) groups is 2. The highest BCUT2D eigenvalue weighted by Gasteiger charge is 2.21. The number of halogens is 2. The van der Waals surface area contributed by atoms with Crippen LogP contribution in [0, 0.1) is 0 Å². The van der Waals surface area contributed by atoms with Gasteiger partial charge < -0.3 is 15.2 Å². The van der Waals surface area contributed by atoms with Crippen molar-refractivity contribution in [3.63, 3.8) is 0 Å². The van der Waals surface area contributed by atoms with Crippen LogP contribution in [0.15, 0.2) is 30.9 Å². The number of amides is 1. The molecule has 2 N–H and O–H groups in total. The molecule has 7 heteroatoms. The highest BCUT2D eigenvalue weighted by molar-refractivity contribution is 6.36. The molecule has 1 aromatic rings. The maximum atomic E-state index is 11.9. The molecule has 0 aliphatic carbocycles. The van der Waals surface area contributed by atoms with Crippen molar-refractivity contribution in [1.82, 2.24) is 5.32 Å². The minimum absolute atomic E-state index is 0.107. The highest BCUT2D eigenvalue weighted by Crippen LogP contribution is 2.24. The number of rotatable bonds is 8. The van der Waals surface area contributed by atoms with E-state index in [4.69, 9.17) is 33.0 Å². The first kappa shape index (κ1) is 17.5. The Kier molecular flexibility index (Phi) is 7.22. The van der Waals surface area contributed by atoms with Crippen molar-refractivity contribution in [1.29, 1.82) is 0 Å². The van der Waals surface area contributed by atoms with Gasteiger partial charge in [0.15, 0.2) is 6.04 Å². The molecule has 0 saturated heterocycles. The van der Waals surface area contributed by atoms with Gasteiger partial charge in [0, 0.05) is 10.0 Å². The minimum Gasteiger partial charge on any atom is -0.480 e. The van der Waals surface area contributed by atoms with Crippen molar-refractivity contribution in [2.45, 2.75) is 12.5 Å². The van der Waals surface area contributed by atoms with Crippen molar-refractivity contribution >= 4 is 35.1 Å². The van der Waals surface area contributed by atoms with Gasteiger partial charge in [-0.1, -0.05) is 35.3 Å². The summed E-state index contributed by atoms with van der Waals surface area (Å²) in [7, 11) is 0. The molecule has 1 aromatic carbocycles. The van der Waals surface area contributed by atoms with Crippen molar-refractivity contribution in [2.75, 3.05) is 13.2 Å². The number of hydrogen-bond donors (Lipinski definition) is 2. The first-order valence-corrected chi connectivity index (χ1v) is 6.85. The number of carboxylic acid groups (broad SMARTS) is 1. The fraction of sp³-hybridized carbons (Fsp3) is 0.286. The molecular weight excluding hydrogens is 317 g/mol. The van der Waals surface area contributed by atoms with Gasteiger partial charge in [-0.15, -0.1) is 6.58 Å². The summed E-state index contributed by atoms with van der Waals surface area (Å²) in [6.07, 6.45) is 1.38. The largest absolute Gasteiger partial charge is 0.480 e. The topological polar surface area (TPSA) is 75.6 Å². The summed E-state index contributed by atoms with van der Waals surface area (Å²) in [5, 5.41) is 12.1. The van der Waals surface area contributed by atoms with Gasteiger partial charge in [0.05, 0.1) is 19.6 Å². The van der Waals surface area contributed by atoms with Gasteiger partial charge in [0.2, 0.25) is 5.91 Å². The summed E-state index contributed by atoms with van der Waals surface area (Å²) in [5.41, 5.74) is 0.453. The molecule has 0 aliphatic heterocycles. The maximum absolute atomic E-state index is 11.9. The smallest absolute Gasteiger partial charge is 0.328 e. The Morgan fingerprint density at radius 1 is 1.38 bits per heavy atom. The second-order valence-electron chi connectivity index (χ2n) is 4.16. The van der Waals surface area contributed by atoms with Crippen LogP contribution < -0.4 is 5.32 Å². The standard InChI is InChI=1S/C14H15Cl2NO4/c1-2-6-21-8-12(14(19)20)17-13(18)7-9-10(15)4-3-5-11(9)16/h2-5,12H,1,6-8H2,(H,17,18)(H,19,20). The second-order valence-corrected chi connectivity index (χ2v) is 4.98. The van der Waals surface area contributed by atoms with E-state index in [9.17, 15) is 9.59 Å². The average Bonchev–Trinajstić information content (AvgIpc) is 2.42. The number of benzene rings is 1. The number of hydrogen-bond acceptors (Lipinski definition) is 3. The predicted octanol–water partition coefficient (Wildman–Crippen LogP) is 2.31. The Morgan fingerprint density at radius 3 is 2.52 bits per heavy atom. The van der Waals surface area contributed by atoms with Crippen molar-refractivity contribution in [2.24, 2.45) is 0 Å². The lowest BCUT2D eigenvalue weighted by Gasteiger charge is -2.15. The molecule has 21 heavy (non-hydrogen) atoms. The van der Waals surface area contributed by atoms with Gasteiger partial charge in [-0.05, 0) is 17.7 Å². The van der Waals surface area contributed by atoms with Crippen LogP contribution in [0.4, 0.5) is 0 Å². The van der Waals surface area contributed by atoms with Gasteiger partial charge >= 0.3 is 5.97 Å². The normalized spacial score (nSPS) is 11.7. The Balaban J connectivity index is 2.65. The van der Waals surface area contributed by atoms with Crippen LogP contribution in [0.1, 0.15) is 5.56 Å². The van der Waals surface area contributed by atoms with E-state index in [0.29, 0.717) is 15.6 Å². The maximum Gasteiger partial charge on any atom is 0.328 e. The molecule has 1 atom stereocenters. The first-order valence-electron chi connectivity index (χ1n) is 6.09. The number of ether oxygens (including phenoxy) is 1. The van der Waals surface area contributed by atoms with E-state index in [1.807, 2.05) is 0 Å². The lowest BCUT2D eigenvalue weighted by atomic mass is 10.1. The van der Waals surface area contributed by atoms with Gasteiger partial charge in [-0.3, -0.25) is 4.79 Å². The summed E-state index contributed by atoms with van der Waals surface area (Å²) < 4.78 is 5.04. The molecule has 0 aliphatic rings. The fourth-order valence-corrected chi connectivity index (χ4v) is 2.08. The van der Waals surface area contributed by atoms with Crippen molar-refractivity contribution < 1.29 is 19.4 Å². The summed E-state index contributed by atoms with van der Waals surface area (Å²) >= 11 is 11.9. The summed E-state index contributed by atoms with van der Waals surface area (Å²) in [6, 6.07) is 3.74. The average molecular weight is 332 g/mol.